The molecule has 0 aromatic rings. The number of allylic oxidation sites excluding steroid dienone is 1. The van der Waals surface area contributed by atoms with Crippen molar-refractivity contribution in [1.82, 2.24) is 0 Å². The summed E-state index contributed by atoms with van der Waals surface area (Å²) < 4.78 is 18.4. The Kier molecular flexibility index (Phi) is 5.67. The molecule has 0 bridgehead atoms. The minimum absolute atomic E-state index is 0.0954. The Hall–Kier alpha value is -0.870. The van der Waals surface area contributed by atoms with Crippen LogP contribution in [-0.2, 0) is 19.0 Å². The maximum atomic E-state index is 11.4. The summed E-state index contributed by atoms with van der Waals surface area (Å²) in [4.78, 5) is 11.4. The van der Waals surface area contributed by atoms with Gasteiger partial charge in [-0.05, 0) is 101 Å². The third-order valence-electron chi connectivity index (χ3n) is 9.32. The Bertz CT molecular complexity index is 689. The monoisotopic (exact) mass is 418 g/mol. The summed E-state index contributed by atoms with van der Waals surface area (Å²) in [6, 6.07) is 0. The molecule has 4 aliphatic rings. The molecule has 3 unspecified atom stereocenters. The topological polar surface area (TPSA) is 44.8 Å². The second kappa shape index (κ2) is 7.62. The predicted molar refractivity (Wildman–Crippen MR) is 118 cm³/mol. The van der Waals surface area contributed by atoms with Gasteiger partial charge >= 0.3 is 5.97 Å². The molecular formula is C26H42O4. The van der Waals surface area contributed by atoms with E-state index in [0.29, 0.717) is 17.8 Å². The average molecular weight is 419 g/mol. The van der Waals surface area contributed by atoms with Gasteiger partial charge in [0.15, 0.2) is 5.79 Å². The highest BCUT2D eigenvalue weighted by Crippen LogP contribution is 2.64. The van der Waals surface area contributed by atoms with Gasteiger partial charge in [-0.3, -0.25) is 4.79 Å². The number of fused-ring (bicyclic) bond motifs is 1. The number of hydrogen-bond acceptors (Lipinski definition) is 4. The Morgan fingerprint density at radius 3 is 2.23 bits per heavy atom. The maximum Gasteiger partial charge on any atom is 0.302 e. The molecule has 1 heterocycles. The van der Waals surface area contributed by atoms with Crippen molar-refractivity contribution in [2.75, 3.05) is 0 Å². The lowest BCUT2D eigenvalue weighted by atomic mass is 9.50. The van der Waals surface area contributed by atoms with E-state index in [4.69, 9.17) is 14.2 Å². The molecule has 0 amide bonds. The third kappa shape index (κ3) is 3.77. The summed E-state index contributed by atoms with van der Waals surface area (Å²) in [7, 11) is 0. The normalized spacial score (nSPS) is 48.4. The molecule has 0 aromatic heterocycles. The number of ether oxygens (including phenoxy) is 3. The molecule has 0 spiro atoms. The molecule has 3 saturated carbocycles. The van der Waals surface area contributed by atoms with Crippen LogP contribution in [0.15, 0.2) is 12.2 Å². The van der Waals surface area contributed by atoms with E-state index in [0.717, 1.165) is 32.1 Å². The van der Waals surface area contributed by atoms with Crippen LogP contribution in [0.4, 0.5) is 0 Å². The Labute approximate surface area is 183 Å². The van der Waals surface area contributed by atoms with Crippen LogP contribution < -0.4 is 0 Å². The van der Waals surface area contributed by atoms with E-state index in [1.807, 2.05) is 0 Å². The first kappa shape index (κ1) is 22.3. The van der Waals surface area contributed by atoms with E-state index < -0.39 is 5.79 Å². The molecule has 0 aromatic carbocycles. The molecule has 0 radical (unpaired) electrons. The number of esters is 1. The first-order valence-corrected chi connectivity index (χ1v) is 12.2. The summed E-state index contributed by atoms with van der Waals surface area (Å²) in [5, 5.41) is 0. The fourth-order valence-electron chi connectivity index (χ4n) is 7.71. The zero-order valence-electron chi connectivity index (χ0n) is 20.0. The smallest absolute Gasteiger partial charge is 0.302 e. The van der Waals surface area contributed by atoms with E-state index in [1.165, 1.54) is 31.8 Å². The first-order valence-electron chi connectivity index (χ1n) is 12.2. The zero-order chi connectivity index (χ0) is 21.9. The fraction of sp³-hybridized carbons (Fsp3) is 0.885. The van der Waals surface area contributed by atoms with Gasteiger partial charge in [-0.2, -0.15) is 0 Å². The van der Waals surface area contributed by atoms with Crippen LogP contribution >= 0.6 is 0 Å². The molecule has 4 fully saturated rings. The quantitative estimate of drug-likeness (QED) is 0.414. The highest BCUT2D eigenvalue weighted by Gasteiger charge is 2.59. The lowest BCUT2D eigenvalue weighted by Crippen LogP contribution is -2.52. The molecule has 4 rings (SSSR count). The van der Waals surface area contributed by atoms with E-state index in [1.54, 1.807) is 0 Å². The fourth-order valence-corrected chi connectivity index (χ4v) is 7.71. The van der Waals surface area contributed by atoms with Crippen molar-refractivity contribution in [3.8, 4) is 0 Å². The molecule has 4 nitrogen and oxygen atoms in total. The highest BCUT2D eigenvalue weighted by molar-refractivity contribution is 5.66. The molecule has 1 saturated heterocycles. The van der Waals surface area contributed by atoms with Gasteiger partial charge < -0.3 is 14.2 Å². The van der Waals surface area contributed by atoms with Gasteiger partial charge in [0.05, 0.1) is 12.2 Å². The summed E-state index contributed by atoms with van der Waals surface area (Å²) in [5.41, 5.74) is 1.95. The van der Waals surface area contributed by atoms with Crippen molar-refractivity contribution in [2.24, 2.45) is 28.6 Å². The van der Waals surface area contributed by atoms with Crippen molar-refractivity contribution in [1.29, 1.82) is 0 Å². The van der Waals surface area contributed by atoms with E-state index in [2.05, 4.69) is 41.2 Å². The number of hydrogen-bond donors (Lipinski definition) is 0. The molecule has 30 heavy (non-hydrogen) atoms. The van der Waals surface area contributed by atoms with Crippen molar-refractivity contribution in [3.05, 3.63) is 12.2 Å². The van der Waals surface area contributed by atoms with Crippen LogP contribution in [0.25, 0.3) is 0 Å². The second-order valence-electron chi connectivity index (χ2n) is 11.7. The van der Waals surface area contributed by atoms with Crippen LogP contribution in [0.5, 0.6) is 0 Å². The maximum absolute atomic E-state index is 11.4. The van der Waals surface area contributed by atoms with Crippen LogP contribution in [0.2, 0.25) is 0 Å². The molecule has 3 aliphatic carbocycles. The standard InChI is InChI=1S/C26H42O4/c1-16-8-9-21-22(23-17(2)29-24(4,5)30-23)20(12-15-26(16,21)7)25(6)13-10-19(11-14-25)28-18(3)27/h17,19-23H,1,8-15H2,2-7H3/t17-,19?,20?,21?,22?,23+,25?,26-/m1/s1. The largest absolute Gasteiger partial charge is 0.463 e. The molecule has 0 N–H and O–H groups in total. The van der Waals surface area contributed by atoms with Gasteiger partial charge in [0.1, 0.15) is 6.10 Å². The van der Waals surface area contributed by atoms with E-state index in [-0.39, 0.29) is 35.1 Å². The van der Waals surface area contributed by atoms with Crippen molar-refractivity contribution in [2.45, 2.75) is 117 Å². The predicted octanol–water partition coefficient (Wildman–Crippen LogP) is 6.04. The Morgan fingerprint density at radius 1 is 1.00 bits per heavy atom. The van der Waals surface area contributed by atoms with E-state index in [9.17, 15) is 4.79 Å². The summed E-state index contributed by atoms with van der Waals surface area (Å²) >= 11 is 0. The number of carbonyl (C=O) groups excluding carboxylic acids is 1. The van der Waals surface area contributed by atoms with Gasteiger partial charge in [-0.15, -0.1) is 0 Å². The van der Waals surface area contributed by atoms with Crippen LogP contribution in [0.3, 0.4) is 0 Å². The van der Waals surface area contributed by atoms with Gasteiger partial charge in [0.2, 0.25) is 0 Å². The van der Waals surface area contributed by atoms with E-state index >= 15 is 0 Å². The van der Waals surface area contributed by atoms with Crippen LogP contribution in [0, 0.1) is 28.6 Å². The molecular weight excluding hydrogens is 376 g/mol. The minimum Gasteiger partial charge on any atom is -0.463 e. The molecule has 170 valence electrons. The van der Waals surface area contributed by atoms with Gasteiger partial charge in [0.25, 0.3) is 0 Å². The average Bonchev–Trinajstić information content (AvgIpc) is 3.10. The number of rotatable bonds is 3. The zero-order valence-corrected chi connectivity index (χ0v) is 20.0. The van der Waals surface area contributed by atoms with Crippen LogP contribution in [0.1, 0.15) is 92.9 Å². The molecule has 1 aliphatic heterocycles. The van der Waals surface area contributed by atoms with Crippen molar-refractivity contribution in [3.63, 3.8) is 0 Å². The highest BCUT2D eigenvalue weighted by atomic mass is 16.7. The number of carbonyl (C=O) groups is 1. The SMILES string of the molecule is C=C1CCC2C([C@H]3OC(C)(C)O[C@@H]3C)C(C3(C)CCC(OC(C)=O)CC3)CC[C@]12C. The van der Waals surface area contributed by atoms with Crippen LogP contribution in [-0.4, -0.2) is 30.1 Å². The van der Waals surface area contributed by atoms with Crippen molar-refractivity contribution < 1.29 is 19.0 Å². The van der Waals surface area contributed by atoms with Crippen molar-refractivity contribution >= 4 is 5.97 Å². The lowest BCUT2D eigenvalue weighted by molar-refractivity contribution is -0.167. The van der Waals surface area contributed by atoms with Gasteiger partial charge in [0, 0.05) is 6.92 Å². The molecule has 6 atom stereocenters. The molecule has 4 heteroatoms. The summed E-state index contributed by atoms with van der Waals surface area (Å²) in [6.07, 6.45) is 9.44. The third-order valence-corrected chi connectivity index (χ3v) is 9.32. The van der Waals surface area contributed by atoms with Gasteiger partial charge in [-0.25, -0.2) is 0 Å². The second-order valence-corrected chi connectivity index (χ2v) is 11.7. The van der Waals surface area contributed by atoms with Gasteiger partial charge in [-0.1, -0.05) is 26.0 Å². The minimum atomic E-state index is -0.508. The Balaban J connectivity index is 1.62. The summed E-state index contributed by atoms with van der Waals surface area (Å²) in [5.74, 6) is 1.08. The summed E-state index contributed by atoms with van der Waals surface area (Å²) in [6.45, 7) is 17.3. The lowest BCUT2D eigenvalue weighted by Gasteiger charge is -2.56. The Morgan fingerprint density at radius 2 is 1.67 bits per heavy atom. The first-order chi connectivity index (χ1) is 14.0.